The third-order valence-corrected chi connectivity index (χ3v) is 4.05. The second-order valence-corrected chi connectivity index (χ2v) is 6.03. The molecule has 1 aromatic rings. The lowest BCUT2D eigenvalue weighted by atomic mass is 10.3. The van der Waals surface area contributed by atoms with Crippen molar-refractivity contribution in [1.82, 2.24) is 4.72 Å². The van der Waals surface area contributed by atoms with E-state index in [0.717, 1.165) is 0 Å². The smallest absolute Gasteiger partial charge is 0.240 e. The minimum atomic E-state index is -3.45. The molecule has 0 heterocycles. The Hall–Kier alpha value is -0.590. The lowest BCUT2D eigenvalue weighted by Gasteiger charge is -2.10. The number of benzene rings is 1. The SMILES string of the molecule is CC(C)NS(=O)(=O)c1ccc(Br)c(N)c1. The second kappa shape index (κ2) is 4.51. The Morgan fingerprint density at radius 1 is 1.40 bits per heavy atom. The van der Waals surface area contributed by atoms with Crippen LogP contribution in [0.2, 0.25) is 0 Å². The zero-order valence-corrected chi connectivity index (χ0v) is 10.9. The Kier molecular flexibility index (Phi) is 3.75. The van der Waals surface area contributed by atoms with Gasteiger partial charge in [0.15, 0.2) is 0 Å². The lowest BCUT2D eigenvalue weighted by molar-refractivity contribution is 0.570. The van der Waals surface area contributed by atoms with Crippen LogP contribution in [-0.2, 0) is 10.0 Å². The fourth-order valence-electron chi connectivity index (χ4n) is 1.07. The molecule has 6 heteroatoms. The van der Waals surface area contributed by atoms with Crippen molar-refractivity contribution in [1.29, 1.82) is 0 Å². The number of hydrogen-bond acceptors (Lipinski definition) is 3. The quantitative estimate of drug-likeness (QED) is 0.833. The lowest BCUT2D eigenvalue weighted by Crippen LogP contribution is -2.30. The molecule has 84 valence electrons. The van der Waals surface area contributed by atoms with E-state index in [4.69, 9.17) is 5.73 Å². The first kappa shape index (κ1) is 12.5. The van der Waals surface area contributed by atoms with Crippen molar-refractivity contribution < 1.29 is 8.42 Å². The minimum absolute atomic E-state index is 0.139. The van der Waals surface area contributed by atoms with Crippen molar-refractivity contribution in [3.8, 4) is 0 Å². The number of anilines is 1. The van der Waals surface area contributed by atoms with Crippen molar-refractivity contribution >= 4 is 31.6 Å². The molecule has 1 rings (SSSR count). The maximum atomic E-state index is 11.7. The molecule has 0 aliphatic carbocycles. The van der Waals surface area contributed by atoms with Gasteiger partial charge in [-0.15, -0.1) is 0 Å². The van der Waals surface area contributed by atoms with Gasteiger partial charge in [0.05, 0.1) is 4.90 Å². The van der Waals surface area contributed by atoms with E-state index < -0.39 is 10.0 Å². The van der Waals surface area contributed by atoms with Crippen molar-refractivity contribution in [3.63, 3.8) is 0 Å². The van der Waals surface area contributed by atoms with E-state index >= 15 is 0 Å². The van der Waals surface area contributed by atoms with Crippen LogP contribution in [0.15, 0.2) is 27.6 Å². The molecule has 0 spiro atoms. The van der Waals surface area contributed by atoms with Crippen LogP contribution in [-0.4, -0.2) is 14.5 Å². The highest BCUT2D eigenvalue weighted by Gasteiger charge is 2.15. The van der Waals surface area contributed by atoms with Crippen LogP contribution in [0.3, 0.4) is 0 Å². The summed E-state index contributed by atoms with van der Waals surface area (Å²) in [5, 5.41) is 0. The van der Waals surface area contributed by atoms with E-state index in [1.165, 1.54) is 12.1 Å². The van der Waals surface area contributed by atoms with Crippen LogP contribution < -0.4 is 10.5 Å². The Bertz CT molecular complexity index is 457. The minimum Gasteiger partial charge on any atom is -0.398 e. The van der Waals surface area contributed by atoms with Gasteiger partial charge in [0.25, 0.3) is 0 Å². The van der Waals surface area contributed by atoms with Crippen LogP contribution in [0.25, 0.3) is 0 Å². The Morgan fingerprint density at radius 3 is 2.47 bits per heavy atom. The molecule has 0 saturated heterocycles. The maximum Gasteiger partial charge on any atom is 0.240 e. The normalized spacial score (nSPS) is 12.0. The maximum absolute atomic E-state index is 11.7. The van der Waals surface area contributed by atoms with Crippen LogP contribution in [0.5, 0.6) is 0 Å². The second-order valence-electron chi connectivity index (χ2n) is 3.46. The Morgan fingerprint density at radius 2 is 2.00 bits per heavy atom. The summed E-state index contributed by atoms with van der Waals surface area (Å²) in [5.41, 5.74) is 6.01. The fraction of sp³-hybridized carbons (Fsp3) is 0.333. The van der Waals surface area contributed by atoms with E-state index in [0.29, 0.717) is 10.2 Å². The molecule has 0 radical (unpaired) electrons. The molecule has 0 unspecified atom stereocenters. The van der Waals surface area contributed by atoms with Gasteiger partial charge < -0.3 is 5.73 Å². The highest BCUT2D eigenvalue weighted by atomic mass is 79.9. The summed E-state index contributed by atoms with van der Waals surface area (Å²) in [5.74, 6) is 0. The number of nitrogen functional groups attached to an aromatic ring is 1. The highest BCUT2D eigenvalue weighted by Crippen LogP contribution is 2.22. The number of halogens is 1. The van der Waals surface area contributed by atoms with Gasteiger partial charge in [-0.05, 0) is 48.0 Å². The monoisotopic (exact) mass is 292 g/mol. The molecule has 3 N–H and O–H groups in total. The molecular formula is C9H13BrN2O2S. The Labute approximate surface area is 98.0 Å². The average molecular weight is 293 g/mol. The van der Waals surface area contributed by atoms with Crippen LogP contribution >= 0.6 is 15.9 Å². The van der Waals surface area contributed by atoms with Gasteiger partial charge in [-0.3, -0.25) is 0 Å². The largest absolute Gasteiger partial charge is 0.398 e. The summed E-state index contributed by atoms with van der Waals surface area (Å²) in [6.07, 6.45) is 0. The van der Waals surface area contributed by atoms with E-state index in [-0.39, 0.29) is 10.9 Å². The van der Waals surface area contributed by atoms with Gasteiger partial charge in [-0.1, -0.05) is 0 Å². The third-order valence-electron chi connectivity index (χ3n) is 1.67. The van der Waals surface area contributed by atoms with Crippen molar-refractivity contribution in [2.75, 3.05) is 5.73 Å². The van der Waals surface area contributed by atoms with Gasteiger partial charge >= 0.3 is 0 Å². The van der Waals surface area contributed by atoms with E-state index in [2.05, 4.69) is 20.7 Å². The van der Waals surface area contributed by atoms with Crippen LogP contribution in [0.4, 0.5) is 5.69 Å². The molecule has 0 amide bonds. The molecular weight excluding hydrogens is 280 g/mol. The number of nitrogens with two attached hydrogens (primary N) is 1. The molecule has 1 aromatic carbocycles. The van der Waals surface area contributed by atoms with E-state index in [1.807, 2.05) is 0 Å². The molecule has 0 aliphatic rings. The summed E-state index contributed by atoms with van der Waals surface area (Å²) in [7, 11) is -3.45. The van der Waals surface area contributed by atoms with Crippen LogP contribution in [0.1, 0.15) is 13.8 Å². The first-order valence-electron chi connectivity index (χ1n) is 4.40. The van der Waals surface area contributed by atoms with Gasteiger partial charge in [0.2, 0.25) is 10.0 Å². The van der Waals surface area contributed by atoms with Crippen molar-refractivity contribution in [2.24, 2.45) is 0 Å². The van der Waals surface area contributed by atoms with Gasteiger partial charge in [-0.25, -0.2) is 13.1 Å². The van der Waals surface area contributed by atoms with Gasteiger partial charge in [-0.2, -0.15) is 0 Å². The van der Waals surface area contributed by atoms with Crippen molar-refractivity contribution in [2.45, 2.75) is 24.8 Å². The highest BCUT2D eigenvalue weighted by molar-refractivity contribution is 9.10. The topological polar surface area (TPSA) is 72.2 Å². The molecule has 15 heavy (non-hydrogen) atoms. The van der Waals surface area contributed by atoms with E-state index in [9.17, 15) is 8.42 Å². The van der Waals surface area contributed by atoms with Gasteiger partial charge in [0.1, 0.15) is 0 Å². The van der Waals surface area contributed by atoms with Crippen molar-refractivity contribution in [3.05, 3.63) is 22.7 Å². The predicted molar refractivity (Wildman–Crippen MR) is 64.0 cm³/mol. The van der Waals surface area contributed by atoms with Gasteiger partial charge in [0, 0.05) is 16.2 Å². The number of nitrogens with one attached hydrogen (secondary N) is 1. The summed E-state index contributed by atoms with van der Waals surface area (Å²) >= 11 is 3.21. The number of sulfonamides is 1. The number of hydrogen-bond donors (Lipinski definition) is 2. The molecule has 0 bridgehead atoms. The van der Waals surface area contributed by atoms with E-state index in [1.54, 1.807) is 19.9 Å². The molecule has 4 nitrogen and oxygen atoms in total. The zero-order valence-electron chi connectivity index (χ0n) is 8.49. The first-order chi connectivity index (χ1) is 6.83. The summed E-state index contributed by atoms with van der Waals surface area (Å²) < 4.78 is 26.6. The molecule has 0 fully saturated rings. The Balaban J connectivity index is 3.11. The predicted octanol–water partition coefficient (Wildman–Crippen LogP) is 1.72. The zero-order chi connectivity index (χ0) is 11.6. The summed E-state index contributed by atoms with van der Waals surface area (Å²) in [4.78, 5) is 0.178. The summed E-state index contributed by atoms with van der Waals surface area (Å²) in [6.45, 7) is 3.53. The number of rotatable bonds is 3. The molecule has 0 atom stereocenters. The fourth-order valence-corrected chi connectivity index (χ4v) is 2.60. The third kappa shape index (κ3) is 3.19. The first-order valence-corrected chi connectivity index (χ1v) is 6.68. The molecule has 0 aliphatic heterocycles. The average Bonchev–Trinajstić information content (AvgIpc) is 2.07. The summed E-state index contributed by atoms with van der Waals surface area (Å²) in [6, 6.07) is 4.41. The standard InChI is InChI=1S/C9H13BrN2O2S/c1-6(2)12-15(13,14)7-3-4-8(10)9(11)5-7/h3-6,12H,11H2,1-2H3. The van der Waals surface area contributed by atoms with Crippen LogP contribution in [0, 0.1) is 0 Å². The molecule has 0 saturated carbocycles. The molecule has 0 aromatic heterocycles.